The Bertz CT molecular complexity index is 349. The van der Waals surface area contributed by atoms with E-state index in [0.717, 1.165) is 24.3 Å². The van der Waals surface area contributed by atoms with Crippen LogP contribution in [0.2, 0.25) is 0 Å². The molecule has 0 unspecified atom stereocenters. The van der Waals surface area contributed by atoms with Crippen LogP contribution in [0.25, 0.3) is 0 Å². The lowest BCUT2D eigenvalue weighted by atomic mass is 9.52. The van der Waals surface area contributed by atoms with Crippen molar-refractivity contribution in [3.05, 3.63) is 12.2 Å². The van der Waals surface area contributed by atoms with Crippen LogP contribution >= 0.6 is 0 Å². The highest BCUT2D eigenvalue weighted by Crippen LogP contribution is 2.57. The minimum atomic E-state index is 0.194. The Hall–Kier alpha value is -0.790. The van der Waals surface area contributed by atoms with E-state index in [1.54, 1.807) is 0 Å². The van der Waals surface area contributed by atoms with Gasteiger partial charge in [0.25, 0.3) is 0 Å². The van der Waals surface area contributed by atoms with Crippen molar-refractivity contribution < 1.29 is 4.79 Å². The Kier molecular flexibility index (Phi) is 2.80. The molecule has 4 aliphatic carbocycles. The van der Waals surface area contributed by atoms with Gasteiger partial charge < -0.3 is 4.90 Å². The molecule has 4 saturated carbocycles. The molecule has 1 amide bonds. The Morgan fingerprint density at radius 3 is 1.94 bits per heavy atom. The monoisotopic (exact) mass is 247 g/mol. The molecule has 4 rings (SSSR count). The smallest absolute Gasteiger partial charge is 0.249 e. The van der Waals surface area contributed by atoms with Gasteiger partial charge in [-0.3, -0.25) is 4.79 Å². The highest BCUT2D eigenvalue weighted by atomic mass is 16.2. The zero-order chi connectivity index (χ0) is 12.9. The molecule has 18 heavy (non-hydrogen) atoms. The minimum absolute atomic E-state index is 0.194. The van der Waals surface area contributed by atoms with Crippen molar-refractivity contribution in [1.82, 2.24) is 4.90 Å². The number of likely N-dealkylation sites (N-methyl/N-ethyl adjacent to an activating group) is 1. The normalized spacial score (nSPS) is 40.9. The average molecular weight is 247 g/mol. The lowest BCUT2D eigenvalue weighted by molar-refractivity contribution is -0.146. The van der Waals surface area contributed by atoms with Crippen LogP contribution in [0.3, 0.4) is 0 Å². The SMILES string of the molecule is C=C(C)C(=O)N(CC)C12CC3CC(CC(C3)C1)C2. The van der Waals surface area contributed by atoms with Gasteiger partial charge in [-0.25, -0.2) is 0 Å². The molecule has 0 aromatic rings. The van der Waals surface area contributed by atoms with Crippen molar-refractivity contribution in [3.8, 4) is 0 Å². The average Bonchev–Trinajstić information content (AvgIpc) is 2.27. The molecule has 0 atom stereocenters. The molecule has 2 heteroatoms. The highest BCUT2D eigenvalue weighted by Gasteiger charge is 2.54. The van der Waals surface area contributed by atoms with Gasteiger partial charge in [0.15, 0.2) is 0 Å². The molecule has 0 spiro atoms. The number of rotatable bonds is 3. The first-order valence-electron chi connectivity index (χ1n) is 7.51. The number of carbonyl (C=O) groups excluding carboxylic acids is 1. The third kappa shape index (κ3) is 1.72. The quantitative estimate of drug-likeness (QED) is 0.700. The zero-order valence-electron chi connectivity index (χ0n) is 11.7. The molecule has 0 N–H and O–H groups in total. The minimum Gasteiger partial charge on any atom is -0.334 e. The summed E-state index contributed by atoms with van der Waals surface area (Å²) >= 11 is 0. The standard InChI is InChI=1S/C16H25NO/c1-4-17(15(18)11(2)3)16-8-12-5-13(9-16)7-14(6-12)10-16/h12-14H,2,4-10H2,1,3H3. The summed E-state index contributed by atoms with van der Waals surface area (Å²) < 4.78 is 0. The molecule has 4 bridgehead atoms. The van der Waals surface area contributed by atoms with Crippen LogP contribution in [-0.4, -0.2) is 22.9 Å². The second kappa shape index (κ2) is 4.11. The maximum atomic E-state index is 12.4. The van der Waals surface area contributed by atoms with Crippen molar-refractivity contribution >= 4 is 5.91 Å². The number of hydrogen-bond acceptors (Lipinski definition) is 1. The van der Waals surface area contributed by atoms with Crippen LogP contribution in [0, 0.1) is 17.8 Å². The van der Waals surface area contributed by atoms with E-state index in [9.17, 15) is 4.79 Å². The van der Waals surface area contributed by atoms with Gasteiger partial charge >= 0.3 is 0 Å². The topological polar surface area (TPSA) is 20.3 Å². The third-order valence-electron chi connectivity index (χ3n) is 5.50. The van der Waals surface area contributed by atoms with Gasteiger partial charge in [-0.15, -0.1) is 0 Å². The van der Waals surface area contributed by atoms with E-state index in [1.165, 1.54) is 38.5 Å². The summed E-state index contributed by atoms with van der Waals surface area (Å²) in [6, 6.07) is 0. The molecule has 0 saturated heterocycles. The van der Waals surface area contributed by atoms with Gasteiger partial charge in [-0.1, -0.05) is 6.58 Å². The van der Waals surface area contributed by atoms with Crippen LogP contribution < -0.4 is 0 Å². The van der Waals surface area contributed by atoms with E-state index in [-0.39, 0.29) is 11.4 Å². The number of amides is 1. The van der Waals surface area contributed by atoms with Crippen molar-refractivity contribution in [2.24, 2.45) is 17.8 Å². The summed E-state index contributed by atoms with van der Waals surface area (Å²) in [6.07, 6.45) is 8.05. The maximum absolute atomic E-state index is 12.4. The van der Waals surface area contributed by atoms with Crippen molar-refractivity contribution in [2.45, 2.75) is 57.9 Å². The van der Waals surface area contributed by atoms with Gasteiger partial charge in [-0.05, 0) is 70.1 Å². The van der Waals surface area contributed by atoms with Crippen molar-refractivity contribution in [2.75, 3.05) is 6.54 Å². The maximum Gasteiger partial charge on any atom is 0.249 e. The molecule has 2 nitrogen and oxygen atoms in total. The van der Waals surface area contributed by atoms with E-state index in [2.05, 4.69) is 18.4 Å². The number of hydrogen-bond donors (Lipinski definition) is 0. The van der Waals surface area contributed by atoms with Gasteiger partial charge in [-0.2, -0.15) is 0 Å². The van der Waals surface area contributed by atoms with Crippen LogP contribution in [-0.2, 0) is 4.79 Å². The van der Waals surface area contributed by atoms with E-state index >= 15 is 0 Å². The second-order valence-corrected chi connectivity index (χ2v) is 6.97. The first-order chi connectivity index (χ1) is 8.54. The summed E-state index contributed by atoms with van der Waals surface area (Å²) in [5.74, 6) is 2.87. The van der Waals surface area contributed by atoms with Crippen LogP contribution in [0.15, 0.2) is 12.2 Å². The van der Waals surface area contributed by atoms with Crippen LogP contribution in [0.1, 0.15) is 52.4 Å². The first kappa shape index (κ1) is 12.3. The lowest BCUT2D eigenvalue weighted by Gasteiger charge is -2.60. The highest BCUT2D eigenvalue weighted by molar-refractivity contribution is 5.92. The molecule has 0 aromatic heterocycles. The molecule has 0 aromatic carbocycles. The van der Waals surface area contributed by atoms with Crippen LogP contribution in [0.4, 0.5) is 0 Å². The summed E-state index contributed by atoms with van der Waals surface area (Å²) in [7, 11) is 0. The van der Waals surface area contributed by atoms with E-state index < -0.39 is 0 Å². The molecule has 4 fully saturated rings. The fraction of sp³-hybridized carbons (Fsp3) is 0.812. The van der Waals surface area contributed by atoms with Crippen molar-refractivity contribution in [1.29, 1.82) is 0 Å². The largest absolute Gasteiger partial charge is 0.334 e. The Morgan fingerprint density at radius 2 is 1.61 bits per heavy atom. The van der Waals surface area contributed by atoms with E-state index in [1.807, 2.05) is 6.92 Å². The molecular weight excluding hydrogens is 222 g/mol. The van der Waals surface area contributed by atoms with Gasteiger partial charge in [0.2, 0.25) is 5.91 Å². The zero-order valence-corrected chi connectivity index (χ0v) is 11.7. The third-order valence-corrected chi connectivity index (χ3v) is 5.50. The molecule has 0 radical (unpaired) electrons. The Labute approximate surface area is 110 Å². The lowest BCUT2D eigenvalue weighted by Crippen LogP contribution is -2.61. The second-order valence-electron chi connectivity index (χ2n) is 6.97. The molecule has 4 aliphatic rings. The Balaban J connectivity index is 1.89. The first-order valence-corrected chi connectivity index (χ1v) is 7.51. The summed E-state index contributed by atoms with van der Waals surface area (Å²) in [6.45, 7) is 8.68. The van der Waals surface area contributed by atoms with Crippen LogP contribution in [0.5, 0.6) is 0 Å². The molecular formula is C16H25NO. The van der Waals surface area contributed by atoms with Crippen molar-refractivity contribution in [3.63, 3.8) is 0 Å². The predicted octanol–water partition coefficient (Wildman–Crippen LogP) is 3.38. The fourth-order valence-electron chi connectivity index (χ4n) is 5.32. The summed E-state index contributed by atoms with van der Waals surface area (Å²) in [5.41, 5.74) is 0.895. The Morgan fingerprint density at radius 1 is 1.17 bits per heavy atom. The molecule has 0 heterocycles. The van der Waals surface area contributed by atoms with Gasteiger partial charge in [0.05, 0.1) is 0 Å². The van der Waals surface area contributed by atoms with E-state index in [4.69, 9.17) is 0 Å². The number of carbonyl (C=O) groups is 1. The number of nitrogens with zero attached hydrogens (tertiary/aromatic N) is 1. The molecule has 0 aliphatic heterocycles. The van der Waals surface area contributed by atoms with E-state index in [0.29, 0.717) is 5.57 Å². The van der Waals surface area contributed by atoms with Gasteiger partial charge in [0.1, 0.15) is 0 Å². The predicted molar refractivity (Wildman–Crippen MR) is 73.1 cm³/mol. The summed E-state index contributed by atoms with van der Waals surface area (Å²) in [5, 5.41) is 0. The fourth-order valence-corrected chi connectivity index (χ4v) is 5.32. The van der Waals surface area contributed by atoms with Gasteiger partial charge in [0, 0.05) is 17.7 Å². The molecule has 100 valence electrons. The summed E-state index contributed by atoms with van der Waals surface area (Å²) in [4.78, 5) is 14.6.